The van der Waals surface area contributed by atoms with Gasteiger partial charge in [0.25, 0.3) is 5.91 Å². The van der Waals surface area contributed by atoms with Crippen molar-refractivity contribution in [3.8, 4) is 11.5 Å². The Morgan fingerprint density at radius 1 is 1.32 bits per heavy atom. The topological polar surface area (TPSA) is 86.5 Å². The number of carbonyl (C=O) groups is 1. The molecule has 1 saturated carbocycles. The van der Waals surface area contributed by atoms with Gasteiger partial charge in [0.1, 0.15) is 5.54 Å². The molecule has 0 unspecified atom stereocenters. The summed E-state index contributed by atoms with van der Waals surface area (Å²) in [5.41, 5.74) is -0.0590. The molecule has 0 saturated heterocycles. The van der Waals surface area contributed by atoms with Gasteiger partial charge in [0.05, 0.1) is 13.7 Å². The Balaban J connectivity index is 1.86. The van der Waals surface area contributed by atoms with Gasteiger partial charge in [-0.2, -0.15) is 4.98 Å². The Hall–Kier alpha value is -2.57. The molecule has 1 aliphatic carbocycles. The number of amides is 1. The number of carbonyl (C=O) groups excluding carboxylic acids is 1. The summed E-state index contributed by atoms with van der Waals surface area (Å²) in [6.07, 6.45) is 3.62. The number of hydrogen-bond acceptors (Lipinski definition) is 6. The van der Waals surface area contributed by atoms with Gasteiger partial charge in [-0.05, 0) is 38.0 Å². The van der Waals surface area contributed by atoms with Crippen LogP contribution >= 0.6 is 0 Å². The second-order valence-electron chi connectivity index (χ2n) is 6.18. The van der Waals surface area contributed by atoms with Crippen LogP contribution < -0.4 is 14.8 Å². The maximum Gasteiger partial charge on any atom is 0.252 e. The van der Waals surface area contributed by atoms with E-state index >= 15 is 0 Å². The third kappa shape index (κ3) is 3.45. The van der Waals surface area contributed by atoms with Crippen LogP contribution in [0.5, 0.6) is 11.5 Å². The summed E-state index contributed by atoms with van der Waals surface area (Å²) < 4.78 is 15.9. The molecule has 0 radical (unpaired) electrons. The van der Waals surface area contributed by atoms with E-state index in [1.165, 1.54) is 0 Å². The molecule has 25 heavy (non-hydrogen) atoms. The van der Waals surface area contributed by atoms with E-state index in [-0.39, 0.29) is 5.91 Å². The monoisotopic (exact) mass is 345 g/mol. The van der Waals surface area contributed by atoms with Gasteiger partial charge in [0.15, 0.2) is 17.3 Å². The van der Waals surface area contributed by atoms with Gasteiger partial charge < -0.3 is 19.3 Å². The van der Waals surface area contributed by atoms with E-state index in [1.54, 1.807) is 32.2 Å². The molecule has 1 aromatic heterocycles. The van der Waals surface area contributed by atoms with E-state index in [4.69, 9.17) is 14.0 Å². The highest BCUT2D eigenvalue weighted by Crippen LogP contribution is 2.38. The third-order valence-corrected chi connectivity index (χ3v) is 4.49. The van der Waals surface area contributed by atoms with Crippen LogP contribution in [0.1, 0.15) is 54.7 Å². The lowest BCUT2D eigenvalue weighted by molar-refractivity contribution is 0.0891. The van der Waals surface area contributed by atoms with E-state index in [0.29, 0.717) is 35.4 Å². The van der Waals surface area contributed by atoms with Crippen LogP contribution in [0.15, 0.2) is 22.7 Å². The fourth-order valence-electron chi connectivity index (χ4n) is 3.25. The quantitative estimate of drug-likeness (QED) is 0.866. The molecule has 0 bridgehead atoms. The standard InChI is InChI=1S/C18H23N3O4/c1-4-24-15-11-13(7-8-14(15)23-3)16(22)20-18(9-5-6-10-18)17-19-12(2)25-21-17/h7-8,11H,4-6,9-10H2,1-3H3,(H,20,22). The minimum absolute atomic E-state index is 0.187. The van der Waals surface area contributed by atoms with Crippen LogP contribution in [-0.4, -0.2) is 29.8 Å². The summed E-state index contributed by atoms with van der Waals surface area (Å²) in [5.74, 6) is 2.01. The number of hydrogen-bond donors (Lipinski definition) is 1. The van der Waals surface area contributed by atoms with Crippen LogP contribution in [0.3, 0.4) is 0 Å². The summed E-state index contributed by atoms with van der Waals surface area (Å²) in [7, 11) is 1.57. The molecule has 1 amide bonds. The lowest BCUT2D eigenvalue weighted by atomic mass is 9.96. The Kier molecular flexibility index (Phi) is 4.92. The number of benzene rings is 1. The van der Waals surface area contributed by atoms with E-state index in [2.05, 4.69) is 15.5 Å². The van der Waals surface area contributed by atoms with Gasteiger partial charge in [-0.1, -0.05) is 18.0 Å². The van der Waals surface area contributed by atoms with Gasteiger partial charge in [0, 0.05) is 12.5 Å². The lowest BCUT2D eigenvalue weighted by Crippen LogP contribution is -2.44. The molecular weight excluding hydrogens is 322 g/mol. The minimum atomic E-state index is -0.569. The van der Waals surface area contributed by atoms with Crippen LogP contribution in [0.2, 0.25) is 0 Å². The van der Waals surface area contributed by atoms with Crippen LogP contribution in [0.4, 0.5) is 0 Å². The molecule has 1 fully saturated rings. The van der Waals surface area contributed by atoms with Crippen molar-refractivity contribution >= 4 is 5.91 Å². The van der Waals surface area contributed by atoms with Gasteiger partial charge in [-0.15, -0.1) is 0 Å². The number of nitrogens with zero attached hydrogens (tertiary/aromatic N) is 2. The molecule has 1 aliphatic rings. The van der Waals surface area contributed by atoms with E-state index in [0.717, 1.165) is 25.7 Å². The maximum atomic E-state index is 12.8. The minimum Gasteiger partial charge on any atom is -0.493 e. The molecule has 2 aromatic rings. The van der Waals surface area contributed by atoms with Gasteiger partial charge in [0.2, 0.25) is 5.89 Å². The van der Waals surface area contributed by atoms with Gasteiger partial charge >= 0.3 is 0 Å². The number of aromatic nitrogens is 2. The van der Waals surface area contributed by atoms with Crippen molar-refractivity contribution in [2.24, 2.45) is 0 Å². The molecule has 3 rings (SSSR count). The third-order valence-electron chi connectivity index (χ3n) is 4.49. The molecule has 0 spiro atoms. The number of nitrogens with one attached hydrogen (secondary N) is 1. The highest BCUT2D eigenvalue weighted by atomic mass is 16.5. The van der Waals surface area contributed by atoms with Crippen LogP contribution in [0.25, 0.3) is 0 Å². The highest BCUT2D eigenvalue weighted by Gasteiger charge is 2.41. The largest absolute Gasteiger partial charge is 0.493 e. The maximum absolute atomic E-state index is 12.8. The molecule has 7 nitrogen and oxygen atoms in total. The zero-order valence-electron chi connectivity index (χ0n) is 14.8. The van der Waals surface area contributed by atoms with Crippen LogP contribution in [0, 0.1) is 6.92 Å². The lowest BCUT2D eigenvalue weighted by Gasteiger charge is -2.27. The predicted molar refractivity (Wildman–Crippen MR) is 90.8 cm³/mol. The van der Waals surface area contributed by atoms with Crippen molar-refractivity contribution in [1.82, 2.24) is 15.5 Å². The van der Waals surface area contributed by atoms with Crippen molar-refractivity contribution in [3.63, 3.8) is 0 Å². The van der Waals surface area contributed by atoms with Gasteiger partial charge in [-0.3, -0.25) is 4.79 Å². The van der Waals surface area contributed by atoms with Crippen LogP contribution in [-0.2, 0) is 5.54 Å². The SMILES string of the molecule is CCOc1cc(C(=O)NC2(c3noc(C)n3)CCCC2)ccc1OC. The number of methoxy groups -OCH3 is 1. The average molecular weight is 345 g/mol. The Labute approximate surface area is 146 Å². The Bertz CT molecular complexity index is 751. The first kappa shape index (κ1) is 17.3. The molecule has 7 heteroatoms. The fraction of sp³-hybridized carbons (Fsp3) is 0.500. The number of ether oxygens (including phenoxy) is 2. The van der Waals surface area contributed by atoms with E-state index < -0.39 is 5.54 Å². The summed E-state index contributed by atoms with van der Waals surface area (Å²) in [4.78, 5) is 17.2. The first-order valence-electron chi connectivity index (χ1n) is 8.52. The van der Waals surface area contributed by atoms with Crippen molar-refractivity contribution in [2.45, 2.75) is 45.1 Å². The summed E-state index contributed by atoms with van der Waals surface area (Å²) in [6, 6.07) is 5.16. The molecule has 0 atom stereocenters. The highest BCUT2D eigenvalue weighted by molar-refractivity contribution is 5.95. The fourth-order valence-corrected chi connectivity index (χ4v) is 3.25. The summed E-state index contributed by atoms with van der Waals surface area (Å²) >= 11 is 0. The average Bonchev–Trinajstić information content (AvgIpc) is 3.25. The van der Waals surface area contributed by atoms with Crippen molar-refractivity contribution in [2.75, 3.05) is 13.7 Å². The predicted octanol–water partition coefficient (Wildman–Crippen LogP) is 2.98. The smallest absolute Gasteiger partial charge is 0.252 e. The zero-order chi connectivity index (χ0) is 17.9. The second-order valence-corrected chi connectivity index (χ2v) is 6.18. The second kappa shape index (κ2) is 7.13. The van der Waals surface area contributed by atoms with E-state index in [1.807, 2.05) is 6.92 Å². The van der Waals surface area contributed by atoms with Crippen molar-refractivity contribution < 1.29 is 18.8 Å². The Morgan fingerprint density at radius 2 is 2.08 bits per heavy atom. The summed E-state index contributed by atoms with van der Waals surface area (Å²) in [5, 5.41) is 7.17. The van der Waals surface area contributed by atoms with Crippen molar-refractivity contribution in [3.05, 3.63) is 35.5 Å². The summed E-state index contributed by atoms with van der Waals surface area (Å²) in [6.45, 7) is 4.13. The number of aryl methyl sites for hydroxylation is 1. The molecule has 1 heterocycles. The van der Waals surface area contributed by atoms with E-state index in [9.17, 15) is 4.79 Å². The molecular formula is C18H23N3O4. The normalized spacial score (nSPS) is 15.8. The van der Waals surface area contributed by atoms with Gasteiger partial charge in [-0.25, -0.2) is 0 Å². The zero-order valence-corrected chi connectivity index (χ0v) is 14.8. The number of rotatable bonds is 6. The molecule has 1 N–H and O–H groups in total. The first-order chi connectivity index (χ1) is 12.1. The van der Waals surface area contributed by atoms with Crippen molar-refractivity contribution in [1.29, 1.82) is 0 Å². The first-order valence-corrected chi connectivity index (χ1v) is 8.52. The molecule has 0 aliphatic heterocycles. The molecule has 1 aromatic carbocycles. The molecule has 134 valence electrons. The Morgan fingerprint density at radius 3 is 2.68 bits per heavy atom.